The summed E-state index contributed by atoms with van der Waals surface area (Å²) in [5, 5.41) is 14.9. The van der Waals surface area contributed by atoms with Crippen LogP contribution in [-0.2, 0) is 11.2 Å². The van der Waals surface area contributed by atoms with Crippen LogP contribution in [0, 0.1) is 18.3 Å². The van der Waals surface area contributed by atoms with Gasteiger partial charge in [-0.25, -0.2) is 4.98 Å². The average molecular weight is 285 g/mol. The molecular weight excluding hydrogens is 270 g/mol. The molecule has 2 rings (SSSR count). The third kappa shape index (κ3) is 3.65. The van der Waals surface area contributed by atoms with Gasteiger partial charge in [0.1, 0.15) is 5.92 Å². The highest BCUT2D eigenvalue weighted by Crippen LogP contribution is 2.14. The molecule has 0 bridgehead atoms. The van der Waals surface area contributed by atoms with Crippen LogP contribution < -0.4 is 5.32 Å². The third-order valence-electron chi connectivity index (χ3n) is 2.83. The van der Waals surface area contributed by atoms with E-state index in [2.05, 4.69) is 10.3 Å². The predicted molar refractivity (Wildman–Crippen MR) is 78.4 cm³/mol. The van der Waals surface area contributed by atoms with Gasteiger partial charge >= 0.3 is 0 Å². The van der Waals surface area contributed by atoms with E-state index < -0.39 is 5.92 Å². The Kier molecular flexibility index (Phi) is 4.85. The smallest absolute Gasteiger partial charge is 0.241 e. The molecule has 20 heavy (non-hydrogen) atoms. The Morgan fingerprint density at radius 3 is 2.80 bits per heavy atom. The van der Waals surface area contributed by atoms with Crippen LogP contribution in [0.5, 0.6) is 0 Å². The number of carbonyl (C=O) groups excluding carboxylic acids is 1. The van der Waals surface area contributed by atoms with Crippen molar-refractivity contribution in [2.75, 3.05) is 6.54 Å². The van der Waals surface area contributed by atoms with Gasteiger partial charge in [0, 0.05) is 24.0 Å². The number of nitrogens with one attached hydrogen (secondary N) is 1. The summed E-state index contributed by atoms with van der Waals surface area (Å²) in [4.78, 5) is 16.4. The predicted octanol–water partition coefficient (Wildman–Crippen LogP) is 2.42. The first-order chi connectivity index (χ1) is 9.70. The van der Waals surface area contributed by atoms with Gasteiger partial charge in [0.2, 0.25) is 5.91 Å². The highest BCUT2D eigenvalue weighted by molar-refractivity contribution is 7.09. The Bertz CT molecular complexity index is 616. The van der Waals surface area contributed by atoms with Gasteiger partial charge in [-0.1, -0.05) is 30.3 Å². The second-order valence-electron chi connectivity index (χ2n) is 4.40. The van der Waals surface area contributed by atoms with Crippen molar-refractivity contribution in [3.63, 3.8) is 0 Å². The molecule has 1 aromatic heterocycles. The molecule has 0 aliphatic rings. The standard InChI is InChI=1S/C15H15N3OS/c1-11-10-20-14(18-11)7-8-17-15(19)13(9-16)12-5-3-2-4-6-12/h2-6,10,13H,7-8H2,1H3,(H,17,19). The molecule has 0 aliphatic carbocycles. The first-order valence-corrected chi connectivity index (χ1v) is 7.22. The number of thiazole rings is 1. The highest BCUT2D eigenvalue weighted by Gasteiger charge is 2.19. The highest BCUT2D eigenvalue weighted by atomic mass is 32.1. The second kappa shape index (κ2) is 6.83. The summed E-state index contributed by atoms with van der Waals surface area (Å²) in [7, 11) is 0. The zero-order valence-corrected chi connectivity index (χ0v) is 12.0. The van der Waals surface area contributed by atoms with Crippen molar-refractivity contribution >= 4 is 17.2 Å². The summed E-state index contributed by atoms with van der Waals surface area (Å²) in [6.07, 6.45) is 0.692. The lowest BCUT2D eigenvalue weighted by Gasteiger charge is -2.09. The van der Waals surface area contributed by atoms with Crippen molar-refractivity contribution in [2.24, 2.45) is 0 Å². The van der Waals surface area contributed by atoms with Gasteiger partial charge in [-0.2, -0.15) is 5.26 Å². The van der Waals surface area contributed by atoms with Gasteiger partial charge in [0.15, 0.2) is 0 Å². The zero-order chi connectivity index (χ0) is 14.4. The quantitative estimate of drug-likeness (QED) is 0.917. The van der Waals surface area contributed by atoms with E-state index in [0.29, 0.717) is 13.0 Å². The van der Waals surface area contributed by atoms with E-state index in [1.807, 2.05) is 36.6 Å². The minimum absolute atomic E-state index is 0.257. The molecule has 4 nitrogen and oxygen atoms in total. The maximum atomic E-state index is 12.0. The zero-order valence-electron chi connectivity index (χ0n) is 11.2. The normalized spacial score (nSPS) is 11.6. The van der Waals surface area contributed by atoms with E-state index in [9.17, 15) is 4.79 Å². The van der Waals surface area contributed by atoms with Gasteiger partial charge in [-0.3, -0.25) is 4.79 Å². The molecule has 0 radical (unpaired) electrons. The fraction of sp³-hybridized carbons (Fsp3) is 0.267. The van der Waals surface area contributed by atoms with Crippen LogP contribution >= 0.6 is 11.3 Å². The molecule has 1 N–H and O–H groups in total. The molecule has 1 heterocycles. The van der Waals surface area contributed by atoms with E-state index in [-0.39, 0.29) is 5.91 Å². The molecule has 1 aromatic carbocycles. The van der Waals surface area contributed by atoms with E-state index in [0.717, 1.165) is 16.3 Å². The fourth-order valence-electron chi connectivity index (χ4n) is 1.84. The van der Waals surface area contributed by atoms with Gasteiger partial charge in [0.05, 0.1) is 11.1 Å². The van der Waals surface area contributed by atoms with Crippen LogP contribution in [0.25, 0.3) is 0 Å². The summed E-state index contributed by atoms with van der Waals surface area (Å²) >= 11 is 1.58. The number of aromatic nitrogens is 1. The van der Waals surface area contributed by atoms with Crippen LogP contribution in [0.4, 0.5) is 0 Å². The summed E-state index contributed by atoms with van der Waals surface area (Å²) in [5.41, 5.74) is 1.72. The molecule has 0 fully saturated rings. The van der Waals surface area contributed by atoms with Crippen LogP contribution in [0.15, 0.2) is 35.7 Å². The average Bonchev–Trinajstić information content (AvgIpc) is 2.86. The maximum absolute atomic E-state index is 12.0. The van der Waals surface area contributed by atoms with Gasteiger partial charge in [-0.15, -0.1) is 11.3 Å². The Morgan fingerprint density at radius 1 is 1.45 bits per heavy atom. The van der Waals surface area contributed by atoms with Crippen molar-refractivity contribution in [1.82, 2.24) is 10.3 Å². The van der Waals surface area contributed by atoms with E-state index in [1.54, 1.807) is 23.5 Å². The van der Waals surface area contributed by atoms with Crippen molar-refractivity contribution < 1.29 is 4.79 Å². The number of rotatable bonds is 5. The number of hydrogen-bond acceptors (Lipinski definition) is 4. The monoisotopic (exact) mass is 285 g/mol. The largest absolute Gasteiger partial charge is 0.354 e. The first-order valence-electron chi connectivity index (χ1n) is 6.34. The van der Waals surface area contributed by atoms with Crippen LogP contribution in [-0.4, -0.2) is 17.4 Å². The molecule has 0 spiro atoms. The fourth-order valence-corrected chi connectivity index (χ4v) is 2.62. The van der Waals surface area contributed by atoms with Crippen LogP contribution in [0.1, 0.15) is 22.2 Å². The minimum atomic E-state index is -0.755. The number of nitriles is 1. The van der Waals surface area contributed by atoms with E-state index in [1.165, 1.54) is 0 Å². The van der Waals surface area contributed by atoms with Gasteiger partial charge < -0.3 is 5.32 Å². The number of nitrogens with zero attached hydrogens (tertiary/aromatic N) is 2. The minimum Gasteiger partial charge on any atom is -0.354 e. The lowest BCUT2D eigenvalue weighted by Crippen LogP contribution is -2.30. The van der Waals surface area contributed by atoms with E-state index >= 15 is 0 Å². The second-order valence-corrected chi connectivity index (χ2v) is 5.34. The first kappa shape index (κ1) is 14.2. The summed E-state index contributed by atoms with van der Waals surface area (Å²) in [6, 6.07) is 11.1. The van der Waals surface area contributed by atoms with Crippen LogP contribution in [0.2, 0.25) is 0 Å². The third-order valence-corrected chi connectivity index (χ3v) is 3.86. The van der Waals surface area contributed by atoms with Crippen molar-refractivity contribution in [2.45, 2.75) is 19.3 Å². The molecule has 1 atom stereocenters. The number of carbonyl (C=O) groups is 1. The number of amides is 1. The molecule has 0 saturated heterocycles. The Labute approximate surface area is 122 Å². The molecule has 1 amide bonds. The topological polar surface area (TPSA) is 65.8 Å². The number of aryl methyl sites for hydroxylation is 1. The molecule has 0 aliphatic heterocycles. The number of hydrogen-bond donors (Lipinski definition) is 1. The number of benzene rings is 1. The lowest BCUT2D eigenvalue weighted by atomic mass is 10.00. The SMILES string of the molecule is Cc1csc(CCNC(=O)C(C#N)c2ccccc2)n1. The Balaban J connectivity index is 1.89. The van der Waals surface area contributed by atoms with Crippen molar-refractivity contribution in [3.8, 4) is 6.07 Å². The van der Waals surface area contributed by atoms with Crippen LogP contribution in [0.3, 0.4) is 0 Å². The van der Waals surface area contributed by atoms with Crippen molar-refractivity contribution in [3.05, 3.63) is 52.0 Å². The molecule has 2 aromatic rings. The van der Waals surface area contributed by atoms with Crippen molar-refractivity contribution in [1.29, 1.82) is 5.26 Å². The molecule has 5 heteroatoms. The molecule has 102 valence electrons. The van der Waals surface area contributed by atoms with Gasteiger partial charge in [0.25, 0.3) is 0 Å². The lowest BCUT2D eigenvalue weighted by molar-refractivity contribution is -0.121. The summed E-state index contributed by atoms with van der Waals surface area (Å²) in [6.45, 7) is 2.44. The maximum Gasteiger partial charge on any atom is 0.241 e. The molecule has 0 saturated carbocycles. The summed E-state index contributed by atoms with van der Waals surface area (Å²) in [5.74, 6) is -1.01. The van der Waals surface area contributed by atoms with Gasteiger partial charge in [-0.05, 0) is 12.5 Å². The Morgan fingerprint density at radius 2 is 2.20 bits per heavy atom. The Hall–Kier alpha value is -2.19. The summed E-state index contributed by atoms with van der Waals surface area (Å²) < 4.78 is 0. The molecular formula is C15H15N3OS. The molecule has 1 unspecified atom stereocenters. The van der Waals surface area contributed by atoms with E-state index in [4.69, 9.17) is 5.26 Å².